The third-order valence-corrected chi connectivity index (χ3v) is 5.16. The third-order valence-electron chi connectivity index (χ3n) is 4.78. The number of nitrogens with zero attached hydrogens (tertiary/aromatic N) is 4. The molecule has 0 unspecified atom stereocenters. The molecule has 32 heavy (non-hydrogen) atoms. The molecule has 0 saturated heterocycles. The first-order valence-corrected chi connectivity index (χ1v) is 9.98. The normalized spacial score (nSPS) is 10.8. The summed E-state index contributed by atoms with van der Waals surface area (Å²) in [6.45, 7) is 1.88. The van der Waals surface area contributed by atoms with Gasteiger partial charge in [0.2, 0.25) is 0 Å². The molecule has 1 amide bonds. The minimum Gasteiger partial charge on any atom is -0.453 e. The van der Waals surface area contributed by atoms with E-state index in [1.807, 2.05) is 6.92 Å². The highest BCUT2D eigenvalue weighted by Gasteiger charge is 2.24. The minimum absolute atomic E-state index is 0.0704. The number of carbonyl (C=O) groups excluding carboxylic acids is 1. The van der Waals surface area contributed by atoms with Crippen molar-refractivity contribution in [2.75, 3.05) is 5.73 Å². The highest BCUT2D eigenvalue weighted by molar-refractivity contribution is 6.34. The third kappa shape index (κ3) is 3.85. The number of amides is 1. The number of pyridine rings is 2. The van der Waals surface area contributed by atoms with Crippen LogP contribution in [-0.4, -0.2) is 25.7 Å². The molecule has 0 spiro atoms. The van der Waals surface area contributed by atoms with Crippen molar-refractivity contribution in [1.29, 1.82) is 0 Å². The first kappa shape index (κ1) is 21.3. The average Bonchev–Trinajstić information content (AvgIpc) is 3.19. The zero-order chi connectivity index (χ0) is 22.8. The Labute approximate surface area is 187 Å². The van der Waals surface area contributed by atoms with Gasteiger partial charge in [-0.1, -0.05) is 18.5 Å². The second-order valence-electron chi connectivity index (χ2n) is 6.76. The first-order valence-electron chi connectivity index (χ1n) is 9.60. The first-order chi connectivity index (χ1) is 15.4. The maximum absolute atomic E-state index is 14.9. The van der Waals surface area contributed by atoms with Gasteiger partial charge in [-0.25, -0.2) is 14.1 Å². The highest BCUT2D eigenvalue weighted by atomic mass is 35.5. The number of ether oxygens (including phenoxy) is 1. The second kappa shape index (κ2) is 8.64. The number of anilines is 1. The van der Waals surface area contributed by atoms with Crippen LogP contribution in [0.15, 0.2) is 55.0 Å². The van der Waals surface area contributed by atoms with Crippen LogP contribution < -0.4 is 16.2 Å². The molecular formula is C22H18ClFN6O2. The number of aromatic nitrogens is 4. The van der Waals surface area contributed by atoms with Gasteiger partial charge < -0.3 is 16.2 Å². The summed E-state index contributed by atoms with van der Waals surface area (Å²) in [5.74, 6) is -1.18. The van der Waals surface area contributed by atoms with Gasteiger partial charge in [0, 0.05) is 30.2 Å². The van der Waals surface area contributed by atoms with Gasteiger partial charge >= 0.3 is 0 Å². The summed E-state index contributed by atoms with van der Waals surface area (Å²) >= 11 is 6.07. The summed E-state index contributed by atoms with van der Waals surface area (Å²) in [7, 11) is 0. The van der Waals surface area contributed by atoms with Crippen LogP contribution in [0, 0.1) is 5.82 Å². The standard InChI is InChI=1S/C22H18ClFN6O2/c1-2-15-18(22(26)31)20(29-30(15)13-5-8-27-9-6-13)12-3-4-16(14(24)11-12)32-17-7-10-28-21(25)19(17)23/h3-11H,2H2,1H3,(H2,25,28)(H2,26,31). The molecule has 0 saturated carbocycles. The zero-order valence-corrected chi connectivity index (χ0v) is 17.7. The van der Waals surface area contributed by atoms with E-state index in [0.29, 0.717) is 23.4 Å². The van der Waals surface area contributed by atoms with Crippen molar-refractivity contribution in [1.82, 2.24) is 19.7 Å². The molecule has 8 nitrogen and oxygen atoms in total. The van der Waals surface area contributed by atoms with Crippen LogP contribution in [0.3, 0.4) is 0 Å². The molecule has 4 aromatic rings. The van der Waals surface area contributed by atoms with Crippen LogP contribution >= 0.6 is 11.6 Å². The summed E-state index contributed by atoms with van der Waals surface area (Å²) in [4.78, 5) is 20.1. The van der Waals surface area contributed by atoms with Crippen LogP contribution in [-0.2, 0) is 6.42 Å². The summed E-state index contributed by atoms with van der Waals surface area (Å²) in [5.41, 5.74) is 13.5. The van der Waals surface area contributed by atoms with Gasteiger partial charge in [-0.15, -0.1) is 0 Å². The Morgan fingerprint density at radius 1 is 1.16 bits per heavy atom. The summed E-state index contributed by atoms with van der Waals surface area (Å²) in [6, 6.07) is 9.20. The van der Waals surface area contributed by atoms with Crippen molar-refractivity contribution in [2.24, 2.45) is 5.73 Å². The van der Waals surface area contributed by atoms with Gasteiger partial charge in [-0.05, 0) is 36.8 Å². The van der Waals surface area contributed by atoms with E-state index in [2.05, 4.69) is 15.1 Å². The van der Waals surface area contributed by atoms with Crippen molar-refractivity contribution < 1.29 is 13.9 Å². The van der Waals surface area contributed by atoms with E-state index < -0.39 is 11.7 Å². The summed E-state index contributed by atoms with van der Waals surface area (Å²) < 4.78 is 22.1. The van der Waals surface area contributed by atoms with Gasteiger partial charge in [0.15, 0.2) is 17.3 Å². The SMILES string of the molecule is CCc1c(C(N)=O)c(-c2ccc(Oc3ccnc(N)c3Cl)c(F)c2)nn1-c1ccncc1. The van der Waals surface area contributed by atoms with E-state index >= 15 is 0 Å². The molecule has 4 rings (SSSR count). The molecule has 0 aliphatic rings. The Bertz CT molecular complexity index is 1310. The Balaban J connectivity index is 1.78. The molecule has 1 aromatic carbocycles. The summed E-state index contributed by atoms with van der Waals surface area (Å²) in [6.07, 6.45) is 5.12. The second-order valence-corrected chi connectivity index (χ2v) is 7.14. The Kier molecular flexibility index (Phi) is 5.74. The lowest BCUT2D eigenvalue weighted by atomic mass is 10.0. The van der Waals surface area contributed by atoms with Crippen LogP contribution in [0.4, 0.5) is 10.2 Å². The molecule has 3 heterocycles. The Hall–Kier alpha value is -3.98. The number of nitrogens with two attached hydrogens (primary N) is 2. The predicted octanol–water partition coefficient (Wildman–Crippen LogP) is 4.16. The highest BCUT2D eigenvalue weighted by Crippen LogP contribution is 2.35. The smallest absolute Gasteiger partial charge is 0.252 e. The van der Waals surface area contributed by atoms with Crippen molar-refractivity contribution in [3.8, 4) is 28.4 Å². The van der Waals surface area contributed by atoms with Gasteiger partial charge in [0.05, 0.1) is 16.9 Å². The number of benzene rings is 1. The number of halogens is 2. The van der Waals surface area contributed by atoms with Gasteiger partial charge in [-0.3, -0.25) is 9.78 Å². The van der Waals surface area contributed by atoms with E-state index in [-0.39, 0.29) is 33.6 Å². The fraction of sp³-hybridized carbons (Fsp3) is 0.0909. The number of rotatable bonds is 6. The molecule has 4 N–H and O–H groups in total. The largest absolute Gasteiger partial charge is 0.453 e. The fourth-order valence-corrected chi connectivity index (χ4v) is 3.46. The van der Waals surface area contributed by atoms with E-state index in [0.717, 1.165) is 0 Å². The summed E-state index contributed by atoms with van der Waals surface area (Å²) in [5, 5.41) is 4.64. The van der Waals surface area contributed by atoms with Crippen LogP contribution in [0.5, 0.6) is 11.5 Å². The maximum Gasteiger partial charge on any atom is 0.252 e. The quantitative estimate of drug-likeness (QED) is 0.453. The molecule has 10 heteroatoms. The molecule has 0 radical (unpaired) electrons. The number of primary amides is 1. The maximum atomic E-state index is 14.9. The monoisotopic (exact) mass is 452 g/mol. The van der Waals surface area contributed by atoms with Crippen molar-refractivity contribution in [3.05, 3.63) is 77.1 Å². The van der Waals surface area contributed by atoms with Crippen molar-refractivity contribution in [3.63, 3.8) is 0 Å². The Morgan fingerprint density at radius 3 is 2.56 bits per heavy atom. The van der Waals surface area contributed by atoms with E-state index in [1.165, 1.54) is 24.4 Å². The molecule has 0 atom stereocenters. The van der Waals surface area contributed by atoms with Gasteiger partial charge in [0.25, 0.3) is 5.91 Å². The van der Waals surface area contributed by atoms with Crippen LogP contribution in [0.25, 0.3) is 16.9 Å². The van der Waals surface area contributed by atoms with E-state index in [1.54, 1.807) is 35.3 Å². The van der Waals surface area contributed by atoms with Crippen molar-refractivity contribution >= 4 is 23.3 Å². The number of nitrogen functional groups attached to an aromatic ring is 1. The molecule has 0 fully saturated rings. The van der Waals surface area contributed by atoms with Crippen LogP contribution in [0.2, 0.25) is 5.02 Å². The van der Waals surface area contributed by atoms with Gasteiger partial charge in [0.1, 0.15) is 16.5 Å². The molecule has 3 aromatic heterocycles. The Morgan fingerprint density at radius 2 is 1.91 bits per heavy atom. The molecule has 162 valence electrons. The lowest BCUT2D eigenvalue weighted by Crippen LogP contribution is -2.14. The lowest BCUT2D eigenvalue weighted by molar-refractivity contribution is 0.1000. The molecule has 0 aliphatic carbocycles. The van der Waals surface area contributed by atoms with Crippen LogP contribution in [0.1, 0.15) is 23.0 Å². The average molecular weight is 453 g/mol. The van der Waals surface area contributed by atoms with E-state index in [4.69, 9.17) is 27.8 Å². The predicted molar refractivity (Wildman–Crippen MR) is 118 cm³/mol. The van der Waals surface area contributed by atoms with Crippen molar-refractivity contribution in [2.45, 2.75) is 13.3 Å². The van der Waals surface area contributed by atoms with E-state index in [9.17, 15) is 9.18 Å². The molecular weight excluding hydrogens is 435 g/mol. The minimum atomic E-state index is -0.680. The molecule has 0 bridgehead atoms. The number of hydrogen-bond donors (Lipinski definition) is 2. The lowest BCUT2D eigenvalue weighted by Gasteiger charge is -2.10. The number of hydrogen-bond acceptors (Lipinski definition) is 6. The molecule has 0 aliphatic heterocycles. The topological polar surface area (TPSA) is 122 Å². The fourth-order valence-electron chi connectivity index (χ4n) is 3.31. The zero-order valence-electron chi connectivity index (χ0n) is 16.9. The van der Waals surface area contributed by atoms with Gasteiger partial charge in [-0.2, -0.15) is 5.10 Å². The number of carbonyl (C=O) groups is 1.